The third-order valence-electron chi connectivity index (χ3n) is 3.07. The molecule has 19 heavy (non-hydrogen) atoms. The van der Waals surface area contributed by atoms with Crippen LogP contribution in [0.3, 0.4) is 0 Å². The number of benzene rings is 1. The highest BCUT2D eigenvalue weighted by molar-refractivity contribution is 5.96. The van der Waals surface area contributed by atoms with Crippen molar-refractivity contribution in [3.8, 4) is 11.5 Å². The average molecular weight is 258 g/mol. The summed E-state index contributed by atoms with van der Waals surface area (Å²) in [6.07, 6.45) is 3.60. The van der Waals surface area contributed by atoms with Crippen LogP contribution in [0, 0.1) is 0 Å². The Morgan fingerprint density at radius 2 is 2.21 bits per heavy atom. The van der Waals surface area contributed by atoms with E-state index >= 15 is 0 Å². The van der Waals surface area contributed by atoms with Crippen LogP contribution >= 0.6 is 0 Å². The topological polar surface area (TPSA) is 88.3 Å². The van der Waals surface area contributed by atoms with Crippen LogP contribution in [0.15, 0.2) is 29.0 Å². The molecule has 0 aliphatic carbocycles. The van der Waals surface area contributed by atoms with Crippen LogP contribution in [0.25, 0.3) is 11.0 Å². The lowest BCUT2D eigenvalue weighted by molar-refractivity contribution is 0.174. The van der Waals surface area contributed by atoms with Gasteiger partial charge in [-0.25, -0.2) is 0 Å². The molecule has 0 bridgehead atoms. The first kappa shape index (κ1) is 10.2. The van der Waals surface area contributed by atoms with Crippen molar-refractivity contribution in [1.82, 2.24) is 14.9 Å². The first-order valence-corrected chi connectivity index (χ1v) is 5.76. The van der Waals surface area contributed by atoms with E-state index in [0.29, 0.717) is 34.8 Å². The van der Waals surface area contributed by atoms with E-state index in [4.69, 9.17) is 19.7 Å². The van der Waals surface area contributed by atoms with Crippen LogP contribution in [0.4, 0.5) is 5.82 Å². The number of ether oxygens (including phenoxy) is 2. The first-order chi connectivity index (χ1) is 9.33. The number of rotatable bonds is 2. The van der Waals surface area contributed by atoms with Crippen molar-refractivity contribution in [2.45, 2.75) is 6.54 Å². The SMILES string of the molecule is Nc1noc2cc(Cn3cccn3)c3c(c12)OCO3. The fourth-order valence-electron chi connectivity index (χ4n) is 2.25. The molecule has 7 heteroatoms. The van der Waals surface area contributed by atoms with Gasteiger partial charge in [0, 0.05) is 18.0 Å². The molecule has 1 aromatic carbocycles. The van der Waals surface area contributed by atoms with Gasteiger partial charge in [0.1, 0.15) is 5.39 Å². The summed E-state index contributed by atoms with van der Waals surface area (Å²) >= 11 is 0. The van der Waals surface area contributed by atoms with Gasteiger partial charge in [-0.3, -0.25) is 4.68 Å². The summed E-state index contributed by atoms with van der Waals surface area (Å²) in [5, 5.41) is 8.59. The summed E-state index contributed by atoms with van der Waals surface area (Å²) in [5.41, 5.74) is 7.28. The van der Waals surface area contributed by atoms with E-state index in [0.717, 1.165) is 5.56 Å². The first-order valence-electron chi connectivity index (χ1n) is 5.76. The Kier molecular flexibility index (Phi) is 1.96. The zero-order valence-corrected chi connectivity index (χ0v) is 9.87. The van der Waals surface area contributed by atoms with E-state index < -0.39 is 0 Å². The van der Waals surface area contributed by atoms with Crippen molar-refractivity contribution < 1.29 is 14.0 Å². The van der Waals surface area contributed by atoms with E-state index in [1.54, 1.807) is 10.9 Å². The molecule has 0 unspecified atom stereocenters. The molecule has 0 saturated heterocycles. The predicted molar refractivity (Wildman–Crippen MR) is 65.9 cm³/mol. The molecule has 7 nitrogen and oxygen atoms in total. The number of hydrogen-bond donors (Lipinski definition) is 1. The smallest absolute Gasteiger partial charge is 0.231 e. The van der Waals surface area contributed by atoms with Crippen molar-refractivity contribution in [2.75, 3.05) is 12.5 Å². The number of hydrogen-bond acceptors (Lipinski definition) is 6. The van der Waals surface area contributed by atoms with Crippen LogP contribution in [0.2, 0.25) is 0 Å². The van der Waals surface area contributed by atoms with Crippen molar-refractivity contribution in [3.05, 3.63) is 30.1 Å². The van der Waals surface area contributed by atoms with Gasteiger partial charge in [-0.2, -0.15) is 5.10 Å². The zero-order chi connectivity index (χ0) is 12.8. The monoisotopic (exact) mass is 258 g/mol. The van der Waals surface area contributed by atoms with Crippen molar-refractivity contribution in [1.29, 1.82) is 0 Å². The maximum absolute atomic E-state index is 5.78. The lowest BCUT2D eigenvalue weighted by Gasteiger charge is -2.06. The quantitative estimate of drug-likeness (QED) is 0.747. The number of fused-ring (bicyclic) bond motifs is 3. The number of nitrogens with two attached hydrogens (primary N) is 1. The molecule has 3 heterocycles. The highest BCUT2D eigenvalue weighted by Gasteiger charge is 2.25. The van der Waals surface area contributed by atoms with Gasteiger partial charge in [0.25, 0.3) is 0 Å². The Hall–Kier alpha value is -2.70. The van der Waals surface area contributed by atoms with Gasteiger partial charge in [-0.05, 0) is 12.1 Å². The Morgan fingerprint density at radius 1 is 1.32 bits per heavy atom. The maximum atomic E-state index is 5.78. The lowest BCUT2D eigenvalue weighted by atomic mass is 10.1. The average Bonchev–Trinajstić information content (AvgIpc) is 3.09. The molecule has 1 aliphatic heterocycles. The highest BCUT2D eigenvalue weighted by atomic mass is 16.7. The van der Waals surface area contributed by atoms with Gasteiger partial charge in [-0.1, -0.05) is 5.16 Å². The normalized spacial score (nSPS) is 13.3. The molecule has 0 spiro atoms. The second-order valence-corrected chi connectivity index (χ2v) is 4.25. The molecule has 96 valence electrons. The fourth-order valence-corrected chi connectivity index (χ4v) is 2.25. The molecule has 4 rings (SSSR count). The van der Waals surface area contributed by atoms with Crippen LogP contribution in [0.5, 0.6) is 11.5 Å². The van der Waals surface area contributed by atoms with Crippen LogP contribution < -0.4 is 15.2 Å². The molecule has 0 atom stereocenters. The van der Waals surface area contributed by atoms with Gasteiger partial charge < -0.3 is 19.7 Å². The Balaban J connectivity index is 1.92. The molecule has 2 N–H and O–H groups in total. The molecular formula is C12H10N4O3. The van der Waals surface area contributed by atoms with Crippen LogP contribution in [-0.4, -0.2) is 21.7 Å². The largest absolute Gasteiger partial charge is 0.453 e. The summed E-state index contributed by atoms with van der Waals surface area (Å²) in [7, 11) is 0. The Morgan fingerprint density at radius 3 is 3.05 bits per heavy atom. The number of aromatic nitrogens is 3. The molecule has 2 aromatic heterocycles. The minimum Gasteiger partial charge on any atom is -0.453 e. The van der Waals surface area contributed by atoms with Gasteiger partial charge in [-0.15, -0.1) is 0 Å². The molecule has 0 saturated carbocycles. The van der Waals surface area contributed by atoms with Crippen molar-refractivity contribution in [2.24, 2.45) is 0 Å². The Labute approximate surface area is 107 Å². The standard InChI is InChI=1S/C12H10N4O3/c13-12-9-8(19-15-12)4-7(5-16-3-1-2-14-16)10-11(9)18-6-17-10/h1-4H,5-6H2,(H2,13,15). The molecule has 0 radical (unpaired) electrons. The van der Waals surface area contributed by atoms with E-state index in [9.17, 15) is 0 Å². The van der Waals surface area contributed by atoms with Gasteiger partial charge in [0.2, 0.25) is 6.79 Å². The van der Waals surface area contributed by atoms with Crippen molar-refractivity contribution >= 4 is 16.8 Å². The minimum atomic E-state index is 0.172. The summed E-state index contributed by atoms with van der Waals surface area (Å²) in [4.78, 5) is 0. The third-order valence-corrected chi connectivity index (χ3v) is 3.07. The van der Waals surface area contributed by atoms with E-state index in [-0.39, 0.29) is 6.79 Å². The number of nitrogens with zero attached hydrogens (tertiary/aromatic N) is 3. The molecule has 3 aromatic rings. The Bertz CT molecular complexity index is 748. The van der Waals surface area contributed by atoms with Gasteiger partial charge >= 0.3 is 0 Å². The van der Waals surface area contributed by atoms with E-state index in [1.165, 1.54) is 0 Å². The highest BCUT2D eigenvalue weighted by Crippen LogP contribution is 2.44. The number of anilines is 1. The maximum Gasteiger partial charge on any atom is 0.231 e. The van der Waals surface area contributed by atoms with Crippen molar-refractivity contribution in [3.63, 3.8) is 0 Å². The zero-order valence-electron chi connectivity index (χ0n) is 9.87. The summed E-state index contributed by atoms with van der Waals surface area (Å²) in [6, 6.07) is 3.72. The van der Waals surface area contributed by atoms with Gasteiger partial charge in [0.05, 0.1) is 6.54 Å². The van der Waals surface area contributed by atoms with E-state index in [2.05, 4.69) is 10.3 Å². The third kappa shape index (κ3) is 1.44. The summed E-state index contributed by atoms with van der Waals surface area (Å²) < 4.78 is 18.0. The van der Waals surface area contributed by atoms with Crippen LogP contribution in [-0.2, 0) is 6.54 Å². The van der Waals surface area contributed by atoms with Gasteiger partial charge in [0.15, 0.2) is 22.9 Å². The summed E-state index contributed by atoms with van der Waals surface area (Å²) in [6.45, 7) is 0.737. The molecule has 0 amide bonds. The second kappa shape index (κ2) is 3.64. The fraction of sp³-hybridized carbons (Fsp3) is 0.167. The molecule has 1 aliphatic rings. The van der Waals surface area contributed by atoms with Crippen LogP contribution in [0.1, 0.15) is 5.56 Å². The lowest BCUT2D eigenvalue weighted by Crippen LogP contribution is -2.01. The molecule has 0 fully saturated rings. The summed E-state index contributed by atoms with van der Waals surface area (Å²) in [5.74, 6) is 1.58. The minimum absolute atomic E-state index is 0.172. The number of nitrogen functional groups attached to an aromatic ring is 1. The second-order valence-electron chi connectivity index (χ2n) is 4.25. The molecular weight excluding hydrogens is 248 g/mol. The van der Waals surface area contributed by atoms with E-state index in [1.807, 2.05) is 18.3 Å². The predicted octanol–water partition coefficient (Wildman–Crippen LogP) is 1.38.